The van der Waals surface area contributed by atoms with Gasteiger partial charge in [0, 0.05) is 25.2 Å². The number of hydrogen-bond donors (Lipinski definition) is 0. The Morgan fingerprint density at radius 3 is 2.45 bits per heavy atom. The van der Waals surface area contributed by atoms with E-state index in [-0.39, 0.29) is 5.91 Å². The summed E-state index contributed by atoms with van der Waals surface area (Å²) in [5, 5.41) is 0. The molecule has 0 saturated carbocycles. The number of amides is 1. The van der Waals surface area contributed by atoms with Gasteiger partial charge >= 0.3 is 0 Å². The number of carbonyl (C=O) groups excluding carboxylic acids is 1. The first-order chi connectivity index (χ1) is 10.7. The lowest BCUT2D eigenvalue weighted by atomic mass is 9.99. The van der Waals surface area contributed by atoms with Crippen molar-refractivity contribution in [1.82, 2.24) is 9.80 Å². The van der Waals surface area contributed by atoms with E-state index in [1.807, 2.05) is 17.0 Å². The first-order valence-electron chi connectivity index (χ1n) is 8.83. The molecule has 0 aromatic heterocycles. The van der Waals surface area contributed by atoms with Crippen molar-refractivity contribution in [3.05, 3.63) is 35.4 Å². The minimum Gasteiger partial charge on any atom is -0.338 e. The van der Waals surface area contributed by atoms with Crippen molar-refractivity contribution in [2.24, 2.45) is 5.92 Å². The maximum absolute atomic E-state index is 12.6. The van der Waals surface area contributed by atoms with E-state index in [0.29, 0.717) is 5.92 Å². The summed E-state index contributed by atoms with van der Waals surface area (Å²) in [6, 6.07) is 8.30. The standard InChI is InChI=1S/C19H28N2O/c1-16-6-5-13-21(14-16)19(22)18-9-7-17(8-10-18)15-20-11-3-2-4-12-20/h7-10,16H,2-6,11-15H2,1H3. The van der Waals surface area contributed by atoms with Crippen LogP contribution in [0.25, 0.3) is 0 Å². The number of benzene rings is 1. The Kier molecular flexibility index (Phi) is 5.14. The second kappa shape index (κ2) is 7.28. The van der Waals surface area contributed by atoms with Gasteiger partial charge in [-0.15, -0.1) is 0 Å². The molecule has 0 bridgehead atoms. The fourth-order valence-corrected chi connectivity index (χ4v) is 3.68. The van der Waals surface area contributed by atoms with Crippen molar-refractivity contribution < 1.29 is 4.79 Å². The monoisotopic (exact) mass is 300 g/mol. The number of piperidine rings is 2. The molecule has 3 rings (SSSR count). The first kappa shape index (κ1) is 15.5. The summed E-state index contributed by atoms with van der Waals surface area (Å²) in [5.74, 6) is 0.840. The molecule has 3 nitrogen and oxygen atoms in total. The zero-order valence-electron chi connectivity index (χ0n) is 13.8. The van der Waals surface area contributed by atoms with Crippen molar-refractivity contribution in [2.45, 2.75) is 45.6 Å². The van der Waals surface area contributed by atoms with Crippen molar-refractivity contribution >= 4 is 5.91 Å². The predicted molar refractivity (Wildman–Crippen MR) is 89.9 cm³/mol. The average Bonchev–Trinajstić information content (AvgIpc) is 2.56. The Hall–Kier alpha value is -1.35. The van der Waals surface area contributed by atoms with Gasteiger partial charge < -0.3 is 4.90 Å². The van der Waals surface area contributed by atoms with Crippen LogP contribution in [-0.4, -0.2) is 41.9 Å². The first-order valence-corrected chi connectivity index (χ1v) is 8.83. The summed E-state index contributed by atoms with van der Waals surface area (Å²) in [6.45, 7) is 7.52. The second-order valence-corrected chi connectivity index (χ2v) is 7.03. The fourth-order valence-electron chi connectivity index (χ4n) is 3.68. The topological polar surface area (TPSA) is 23.6 Å². The van der Waals surface area contributed by atoms with Crippen LogP contribution in [-0.2, 0) is 6.54 Å². The van der Waals surface area contributed by atoms with Gasteiger partial charge in [-0.25, -0.2) is 0 Å². The molecule has 1 aromatic carbocycles. The summed E-state index contributed by atoms with van der Waals surface area (Å²) < 4.78 is 0. The van der Waals surface area contributed by atoms with Gasteiger partial charge in [-0.3, -0.25) is 9.69 Å². The van der Waals surface area contributed by atoms with Crippen LogP contribution in [0, 0.1) is 5.92 Å². The summed E-state index contributed by atoms with van der Waals surface area (Å²) in [5.41, 5.74) is 2.17. The number of carbonyl (C=O) groups is 1. The van der Waals surface area contributed by atoms with E-state index in [0.717, 1.165) is 31.6 Å². The van der Waals surface area contributed by atoms with Crippen LogP contribution in [0.15, 0.2) is 24.3 Å². The van der Waals surface area contributed by atoms with Crippen molar-refractivity contribution in [3.8, 4) is 0 Å². The molecule has 2 aliphatic rings. The summed E-state index contributed by atoms with van der Waals surface area (Å²) in [4.78, 5) is 17.1. The molecule has 2 saturated heterocycles. The van der Waals surface area contributed by atoms with E-state index in [4.69, 9.17) is 0 Å². The number of nitrogens with zero attached hydrogens (tertiary/aromatic N) is 2. The highest BCUT2D eigenvalue weighted by Gasteiger charge is 2.22. The van der Waals surface area contributed by atoms with E-state index in [1.54, 1.807) is 0 Å². The van der Waals surface area contributed by atoms with Crippen molar-refractivity contribution in [3.63, 3.8) is 0 Å². The van der Waals surface area contributed by atoms with Crippen LogP contribution in [0.4, 0.5) is 0 Å². The molecule has 0 spiro atoms. The lowest BCUT2D eigenvalue weighted by Crippen LogP contribution is -2.39. The molecule has 1 amide bonds. The number of likely N-dealkylation sites (tertiary alicyclic amines) is 2. The van der Waals surface area contributed by atoms with E-state index >= 15 is 0 Å². The van der Waals surface area contributed by atoms with E-state index in [9.17, 15) is 4.79 Å². The zero-order valence-corrected chi connectivity index (χ0v) is 13.8. The normalized spacial score (nSPS) is 23.5. The summed E-state index contributed by atoms with van der Waals surface area (Å²) in [7, 11) is 0. The van der Waals surface area contributed by atoms with E-state index in [1.165, 1.54) is 44.3 Å². The van der Waals surface area contributed by atoms with Crippen molar-refractivity contribution in [2.75, 3.05) is 26.2 Å². The lowest BCUT2D eigenvalue weighted by molar-refractivity contribution is 0.0683. The molecular weight excluding hydrogens is 272 g/mol. The van der Waals surface area contributed by atoms with E-state index in [2.05, 4.69) is 24.0 Å². The number of hydrogen-bond acceptors (Lipinski definition) is 2. The van der Waals surface area contributed by atoms with Crippen LogP contribution in [0.5, 0.6) is 0 Å². The molecule has 120 valence electrons. The lowest BCUT2D eigenvalue weighted by Gasteiger charge is -2.31. The van der Waals surface area contributed by atoms with Crippen LogP contribution in [0.2, 0.25) is 0 Å². The maximum Gasteiger partial charge on any atom is 0.253 e. The third-order valence-corrected chi connectivity index (χ3v) is 5.00. The largest absolute Gasteiger partial charge is 0.338 e. The predicted octanol–water partition coefficient (Wildman–Crippen LogP) is 3.54. The van der Waals surface area contributed by atoms with Crippen LogP contribution in [0.3, 0.4) is 0 Å². The molecule has 2 fully saturated rings. The van der Waals surface area contributed by atoms with Gasteiger partial charge in [0.25, 0.3) is 5.91 Å². The molecule has 3 heteroatoms. The smallest absolute Gasteiger partial charge is 0.253 e. The Labute approximate surface area is 134 Å². The summed E-state index contributed by atoms with van der Waals surface area (Å²) >= 11 is 0. The molecule has 2 aliphatic heterocycles. The second-order valence-electron chi connectivity index (χ2n) is 7.03. The molecule has 1 unspecified atom stereocenters. The Morgan fingerprint density at radius 2 is 1.77 bits per heavy atom. The quantitative estimate of drug-likeness (QED) is 0.852. The van der Waals surface area contributed by atoms with Gasteiger partial charge in [0.1, 0.15) is 0 Å². The van der Waals surface area contributed by atoms with Gasteiger partial charge in [0.15, 0.2) is 0 Å². The zero-order chi connectivity index (χ0) is 15.4. The van der Waals surface area contributed by atoms with Gasteiger partial charge in [0.2, 0.25) is 0 Å². The average molecular weight is 300 g/mol. The summed E-state index contributed by atoms with van der Waals surface area (Å²) in [6.07, 6.45) is 6.41. The molecular formula is C19H28N2O. The molecule has 0 aliphatic carbocycles. The fraction of sp³-hybridized carbons (Fsp3) is 0.632. The third-order valence-electron chi connectivity index (χ3n) is 5.00. The minimum absolute atomic E-state index is 0.205. The Morgan fingerprint density at radius 1 is 1.05 bits per heavy atom. The van der Waals surface area contributed by atoms with Crippen LogP contribution < -0.4 is 0 Å². The van der Waals surface area contributed by atoms with Gasteiger partial charge in [-0.1, -0.05) is 25.5 Å². The Balaban J connectivity index is 1.59. The van der Waals surface area contributed by atoms with Crippen molar-refractivity contribution in [1.29, 1.82) is 0 Å². The van der Waals surface area contributed by atoms with Gasteiger partial charge in [0.05, 0.1) is 0 Å². The maximum atomic E-state index is 12.6. The van der Waals surface area contributed by atoms with Gasteiger partial charge in [-0.2, -0.15) is 0 Å². The highest BCUT2D eigenvalue weighted by molar-refractivity contribution is 5.94. The van der Waals surface area contributed by atoms with Gasteiger partial charge in [-0.05, 0) is 62.4 Å². The van der Waals surface area contributed by atoms with Crippen LogP contribution in [0.1, 0.15) is 54.9 Å². The highest BCUT2D eigenvalue weighted by Crippen LogP contribution is 2.19. The number of rotatable bonds is 3. The highest BCUT2D eigenvalue weighted by atomic mass is 16.2. The molecule has 2 heterocycles. The van der Waals surface area contributed by atoms with E-state index < -0.39 is 0 Å². The SMILES string of the molecule is CC1CCCN(C(=O)c2ccc(CN3CCCCC3)cc2)C1. The molecule has 1 aromatic rings. The molecule has 22 heavy (non-hydrogen) atoms. The molecule has 0 N–H and O–H groups in total. The van der Waals surface area contributed by atoms with Crippen LogP contribution >= 0.6 is 0 Å². The Bertz CT molecular complexity index is 491. The molecule has 0 radical (unpaired) electrons. The molecule has 1 atom stereocenters. The minimum atomic E-state index is 0.205. The third kappa shape index (κ3) is 3.89.